The van der Waals surface area contributed by atoms with Crippen molar-refractivity contribution >= 4 is 21.8 Å². The molecule has 1 rings (SSSR count). The second kappa shape index (κ2) is 4.95. The van der Waals surface area contributed by atoms with Crippen LogP contribution in [0.25, 0.3) is 0 Å². The standard InChI is InChI=1S/C12H17BrN2O/c1-8(12(2,3)4)14-11(16)9-6-5-7-10(13)15-9/h5-8H,1-4H3,(H,14,16). The molecule has 0 aromatic carbocycles. The Kier molecular flexibility index (Phi) is 4.08. The first-order valence-electron chi connectivity index (χ1n) is 5.24. The van der Waals surface area contributed by atoms with Crippen molar-refractivity contribution in [3.8, 4) is 0 Å². The fourth-order valence-corrected chi connectivity index (χ4v) is 1.37. The molecule has 3 nitrogen and oxygen atoms in total. The molecule has 0 fully saturated rings. The number of rotatable bonds is 2. The van der Waals surface area contributed by atoms with Gasteiger partial charge >= 0.3 is 0 Å². The zero-order chi connectivity index (χ0) is 12.3. The van der Waals surface area contributed by atoms with Crippen molar-refractivity contribution < 1.29 is 4.79 Å². The number of hydrogen-bond acceptors (Lipinski definition) is 2. The molecule has 0 aliphatic carbocycles. The molecule has 88 valence electrons. The van der Waals surface area contributed by atoms with Crippen LogP contribution in [-0.2, 0) is 0 Å². The molecular formula is C12H17BrN2O. The molecule has 0 saturated carbocycles. The minimum atomic E-state index is -0.135. The van der Waals surface area contributed by atoms with Crippen LogP contribution in [-0.4, -0.2) is 16.9 Å². The first-order valence-corrected chi connectivity index (χ1v) is 6.03. The Bertz CT molecular complexity index is 385. The highest BCUT2D eigenvalue weighted by atomic mass is 79.9. The van der Waals surface area contributed by atoms with E-state index in [9.17, 15) is 4.79 Å². The van der Waals surface area contributed by atoms with E-state index >= 15 is 0 Å². The maximum absolute atomic E-state index is 11.9. The van der Waals surface area contributed by atoms with E-state index in [-0.39, 0.29) is 17.4 Å². The van der Waals surface area contributed by atoms with Crippen LogP contribution in [0.4, 0.5) is 0 Å². The second-order valence-corrected chi connectivity index (χ2v) is 5.72. The maximum atomic E-state index is 11.9. The summed E-state index contributed by atoms with van der Waals surface area (Å²) in [5, 5.41) is 2.94. The Morgan fingerprint density at radius 1 is 1.44 bits per heavy atom. The number of carbonyl (C=O) groups is 1. The number of amides is 1. The number of nitrogens with zero attached hydrogens (tertiary/aromatic N) is 1. The summed E-state index contributed by atoms with van der Waals surface area (Å²) < 4.78 is 0.670. The van der Waals surface area contributed by atoms with Gasteiger partial charge in [0.1, 0.15) is 10.3 Å². The van der Waals surface area contributed by atoms with E-state index in [1.807, 2.05) is 6.92 Å². The van der Waals surface area contributed by atoms with Crippen molar-refractivity contribution in [3.63, 3.8) is 0 Å². The molecule has 1 aromatic rings. The van der Waals surface area contributed by atoms with E-state index in [1.165, 1.54) is 0 Å². The molecule has 0 radical (unpaired) electrons. The third kappa shape index (κ3) is 3.59. The summed E-state index contributed by atoms with van der Waals surface area (Å²) >= 11 is 3.25. The van der Waals surface area contributed by atoms with E-state index in [0.717, 1.165) is 0 Å². The maximum Gasteiger partial charge on any atom is 0.270 e. The van der Waals surface area contributed by atoms with Gasteiger partial charge in [-0.2, -0.15) is 0 Å². The first-order chi connectivity index (χ1) is 7.30. The third-order valence-electron chi connectivity index (χ3n) is 2.59. The van der Waals surface area contributed by atoms with Crippen molar-refractivity contribution in [1.82, 2.24) is 10.3 Å². The molecule has 0 aliphatic rings. The van der Waals surface area contributed by atoms with Gasteiger partial charge in [-0.25, -0.2) is 4.98 Å². The van der Waals surface area contributed by atoms with Crippen molar-refractivity contribution in [2.75, 3.05) is 0 Å². The summed E-state index contributed by atoms with van der Waals surface area (Å²) in [6, 6.07) is 5.40. The van der Waals surface area contributed by atoms with Gasteiger partial charge in [0.25, 0.3) is 5.91 Å². The molecule has 1 amide bonds. The molecule has 0 bridgehead atoms. The van der Waals surface area contributed by atoms with Gasteiger partial charge in [-0.05, 0) is 40.4 Å². The van der Waals surface area contributed by atoms with Crippen LogP contribution in [0.2, 0.25) is 0 Å². The van der Waals surface area contributed by atoms with Gasteiger partial charge in [0.05, 0.1) is 0 Å². The summed E-state index contributed by atoms with van der Waals surface area (Å²) in [6.45, 7) is 8.26. The number of hydrogen-bond donors (Lipinski definition) is 1. The van der Waals surface area contributed by atoms with Gasteiger partial charge in [0.15, 0.2) is 0 Å². The molecule has 0 saturated heterocycles. The number of pyridine rings is 1. The van der Waals surface area contributed by atoms with Crippen LogP contribution in [0.3, 0.4) is 0 Å². The Morgan fingerprint density at radius 3 is 2.56 bits per heavy atom. The SMILES string of the molecule is CC(NC(=O)c1cccc(Br)n1)C(C)(C)C. The molecule has 1 atom stereocenters. The van der Waals surface area contributed by atoms with Gasteiger partial charge in [-0.3, -0.25) is 4.79 Å². The predicted molar refractivity (Wildman–Crippen MR) is 68.3 cm³/mol. The van der Waals surface area contributed by atoms with Crippen LogP contribution in [0.1, 0.15) is 38.2 Å². The van der Waals surface area contributed by atoms with Gasteiger partial charge in [0.2, 0.25) is 0 Å². The van der Waals surface area contributed by atoms with E-state index < -0.39 is 0 Å². The summed E-state index contributed by atoms with van der Waals surface area (Å²) in [5.41, 5.74) is 0.479. The average molecular weight is 285 g/mol. The minimum Gasteiger partial charge on any atom is -0.348 e. The molecule has 1 N–H and O–H groups in total. The van der Waals surface area contributed by atoms with E-state index in [4.69, 9.17) is 0 Å². The normalized spacial score (nSPS) is 13.3. The molecule has 4 heteroatoms. The highest BCUT2D eigenvalue weighted by Crippen LogP contribution is 2.18. The minimum absolute atomic E-state index is 0.0433. The van der Waals surface area contributed by atoms with Crippen LogP contribution in [0.15, 0.2) is 22.8 Å². The molecule has 1 heterocycles. The monoisotopic (exact) mass is 284 g/mol. The lowest BCUT2D eigenvalue weighted by Crippen LogP contribution is -2.41. The van der Waals surface area contributed by atoms with Gasteiger partial charge in [-0.15, -0.1) is 0 Å². The van der Waals surface area contributed by atoms with Crippen molar-refractivity contribution in [3.05, 3.63) is 28.5 Å². The van der Waals surface area contributed by atoms with Crippen LogP contribution in [0.5, 0.6) is 0 Å². The summed E-state index contributed by atoms with van der Waals surface area (Å²) in [5.74, 6) is -0.135. The zero-order valence-corrected chi connectivity index (χ0v) is 11.6. The molecule has 16 heavy (non-hydrogen) atoms. The number of halogens is 1. The molecule has 0 spiro atoms. The Labute approximate surface area is 105 Å². The first kappa shape index (κ1) is 13.2. The number of nitrogens with one attached hydrogen (secondary N) is 1. The second-order valence-electron chi connectivity index (χ2n) is 4.91. The molecule has 1 unspecified atom stereocenters. The van der Waals surface area contributed by atoms with E-state index in [0.29, 0.717) is 10.3 Å². The van der Waals surface area contributed by atoms with Crippen molar-refractivity contribution in [1.29, 1.82) is 0 Å². The third-order valence-corrected chi connectivity index (χ3v) is 3.04. The fraction of sp³-hybridized carbons (Fsp3) is 0.500. The zero-order valence-electron chi connectivity index (χ0n) is 10.0. The molecular weight excluding hydrogens is 268 g/mol. The van der Waals surface area contributed by atoms with Crippen LogP contribution >= 0.6 is 15.9 Å². The molecule has 0 aliphatic heterocycles. The predicted octanol–water partition coefficient (Wildman–Crippen LogP) is 3.01. The van der Waals surface area contributed by atoms with Crippen molar-refractivity contribution in [2.45, 2.75) is 33.7 Å². The highest BCUT2D eigenvalue weighted by Gasteiger charge is 2.22. The van der Waals surface area contributed by atoms with Gasteiger partial charge in [-0.1, -0.05) is 26.8 Å². The van der Waals surface area contributed by atoms with Crippen LogP contribution in [0, 0.1) is 5.41 Å². The number of carbonyl (C=O) groups excluding carboxylic acids is 1. The smallest absolute Gasteiger partial charge is 0.270 e. The van der Waals surface area contributed by atoms with Crippen molar-refractivity contribution in [2.24, 2.45) is 5.41 Å². The largest absolute Gasteiger partial charge is 0.348 e. The lowest BCUT2D eigenvalue weighted by Gasteiger charge is -2.27. The Hall–Kier alpha value is -0.900. The topological polar surface area (TPSA) is 42.0 Å². The average Bonchev–Trinajstić information content (AvgIpc) is 2.16. The van der Waals surface area contributed by atoms with E-state index in [2.05, 4.69) is 47.0 Å². The van der Waals surface area contributed by atoms with Crippen LogP contribution < -0.4 is 5.32 Å². The summed E-state index contributed by atoms with van der Waals surface area (Å²) in [7, 11) is 0. The quantitative estimate of drug-likeness (QED) is 0.849. The number of aromatic nitrogens is 1. The lowest BCUT2D eigenvalue weighted by atomic mass is 9.88. The molecule has 1 aromatic heterocycles. The summed E-state index contributed by atoms with van der Waals surface area (Å²) in [6.07, 6.45) is 0. The lowest BCUT2D eigenvalue weighted by molar-refractivity contribution is 0.0905. The van der Waals surface area contributed by atoms with Gasteiger partial charge < -0.3 is 5.32 Å². The van der Waals surface area contributed by atoms with Gasteiger partial charge in [0, 0.05) is 6.04 Å². The highest BCUT2D eigenvalue weighted by molar-refractivity contribution is 9.10. The van der Waals surface area contributed by atoms with E-state index in [1.54, 1.807) is 18.2 Å². The Balaban J connectivity index is 2.74. The Morgan fingerprint density at radius 2 is 2.06 bits per heavy atom. The fourth-order valence-electron chi connectivity index (χ4n) is 1.02. The summed E-state index contributed by atoms with van der Waals surface area (Å²) in [4.78, 5) is 16.0.